The Morgan fingerprint density at radius 1 is 1.00 bits per heavy atom. The molecular formula is C29H28N4O4. The fourth-order valence-corrected chi connectivity index (χ4v) is 4.11. The van der Waals surface area contributed by atoms with E-state index in [9.17, 15) is 9.59 Å². The number of hydrogen-bond acceptors (Lipinski definition) is 6. The molecule has 0 aliphatic carbocycles. The van der Waals surface area contributed by atoms with E-state index < -0.39 is 0 Å². The zero-order chi connectivity index (χ0) is 25.5. The van der Waals surface area contributed by atoms with Crippen LogP contribution in [0.5, 0.6) is 11.5 Å². The molecular weight excluding hydrogens is 468 g/mol. The van der Waals surface area contributed by atoms with Gasteiger partial charge in [0.1, 0.15) is 5.75 Å². The molecule has 3 aromatic carbocycles. The summed E-state index contributed by atoms with van der Waals surface area (Å²) in [5.41, 5.74) is 2.06. The zero-order valence-corrected chi connectivity index (χ0v) is 20.3. The van der Waals surface area contributed by atoms with Gasteiger partial charge in [0.15, 0.2) is 11.4 Å². The van der Waals surface area contributed by atoms with Gasteiger partial charge in [-0.2, -0.15) is 5.10 Å². The summed E-state index contributed by atoms with van der Waals surface area (Å²) in [4.78, 5) is 26.0. The Labute approximate surface area is 214 Å². The summed E-state index contributed by atoms with van der Waals surface area (Å²) in [7, 11) is 0. The molecule has 8 nitrogen and oxygen atoms in total. The molecule has 37 heavy (non-hydrogen) atoms. The average Bonchev–Trinajstić information content (AvgIpc) is 3.46. The minimum Gasteiger partial charge on any atom is -0.453 e. The van der Waals surface area contributed by atoms with Crippen LogP contribution in [0.15, 0.2) is 95.9 Å². The van der Waals surface area contributed by atoms with Gasteiger partial charge >= 0.3 is 0 Å². The number of hydrogen-bond donors (Lipinski definition) is 2. The predicted molar refractivity (Wildman–Crippen MR) is 142 cm³/mol. The first-order chi connectivity index (χ1) is 18.2. The second kappa shape index (κ2) is 11.5. The molecule has 2 N–H and O–H groups in total. The summed E-state index contributed by atoms with van der Waals surface area (Å²) < 4.78 is 13.0. The minimum absolute atomic E-state index is 0.0812. The summed E-state index contributed by atoms with van der Waals surface area (Å²) in [6.45, 7) is 1.57. The molecule has 5 rings (SSSR count). The van der Waals surface area contributed by atoms with Gasteiger partial charge < -0.3 is 20.1 Å². The molecule has 0 bridgehead atoms. The van der Waals surface area contributed by atoms with Crippen molar-refractivity contribution in [3.8, 4) is 11.5 Å². The van der Waals surface area contributed by atoms with Crippen LogP contribution in [-0.2, 0) is 11.3 Å². The van der Waals surface area contributed by atoms with Crippen LogP contribution in [0, 0.1) is 0 Å². The Bertz CT molecular complexity index is 1380. The molecule has 1 atom stereocenters. The number of para-hydroxylation sites is 1. The fraction of sp³-hybridized carbons (Fsp3) is 0.207. The van der Waals surface area contributed by atoms with Crippen molar-refractivity contribution in [2.45, 2.75) is 25.5 Å². The summed E-state index contributed by atoms with van der Waals surface area (Å²) >= 11 is 0. The van der Waals surface area contributed by atoms with Crippen molar-refractivity contribution < 1.29 is 14.3 Å². The lowest BCUT2D eigenvalue weighted by Gasteiger charge is -2.15. The van der Waals surface area contributed by atoms with E-state index >= 15 is 0 Å². The molecule has 2 heterocycles. The van der Waals surface area contributed by atoms with Gasteiger partial charge in [0.2, 0.25) is 0 Å². The molecule has 0 unspecified atom stereocenters. The molecule has 188 valence electrons. The number of rotatable bonds is 9. The highest BCUT2D eigenvalue weighted by atomic mass is 16.5. The number of ether oxygens (including phenoxy) is 2. The van der Waals surface area contributed by atoms with Crippen LogP contribution in [-0.4, -0.2) is 34.9 Å². The maximum atomic E-state index is 13.5. The Morgan fingerprint density at radius 3 is 2.43 bits per heavy atom. The van der Waals surface area contributed by atoms with Gasteiger partial charge in [-0.05, 0) is 54.8 Å². The van der Waals surface area contributed by atoms with Crippen molar-refractivity contribution in [2.24, 2.45) is 0 Å². The third kappa shape index (κ3) is 6.23. The van der Waals surface area contributed by atoms with E-state index in [1.54, 1.807) is 24.3 Å². The van der Waals surface area contributed by atoms with Crippen LogP contribution in [0.1, 0.15) is 28.8 Å². The van der Waals surface area contributed by atoms with Gasteiger partial charge in [-0.25, -0.2) is 4.68 Å². The van der Waals surface area contributed by atoms with Gasteiger partial charge in [0, 0.05) is 24.4 Å². The Balaban J connectivity index is 1.37. The number of nitrogens with zero attached hydrogens (tertiary/aromatic N) is 2. The van der Waals surface area contributed by atoms with Crippen molar-refractivity contribution in [1.29, 1.82) is 0 Å². The highest BCUT2D eigenvalue weighted by molar-refractivity contribution is 5.94. The minimum atomic E-state index is -0.323. The van der Waals surface area contributed by atoms with E-state index in [0.717, 1.165) is 25.0 Å². The van der Waals surface area contributed by atoms with Crippen molar-refractivity contribution in [3.05, 3.63) is 113 Å². The lowest BCUT2D eigenvalue weighted by Crippen LogP contribution is -2.31. The summed E-state index contributed by atoms with van der Waals surface area (Å²) in [5.74, 6) is 0.731. The number of nitrogens with one attached hydrogen (secondary N) is 2. The first-order valence-electron chi connectivity index (χ1n) is 12.3. The summed E-state index contributed by atoms with van der Waals surface area (Å²) in [6, 6.07) is 25.8. The van der Waals surface area contributed by atoms with E-state index in [-0.39, 0.29) is 23.3 Å². The molecule has 4 aromatic rings. The lowest BCUT2D eigenvalue weighted by molar-refractivity contribution is 0.0858. The number of aromatic nitrogens is 2. The molecule has 8 heteroatoms. The molecule has 1 aliphatic heterocycles. The van der Waals surface area contributed by atoms with Gasteiger partial charge in [-0.3, -0.25) is 9.59 Å². The zero-order valence-electron chi connectivity index (χ0n) is 20.3. The maximum absolute atomic E-state index is 13.5. The van der Waals surface area contributed by atoms with Gasteiger partial charge in [0.25, 0.3) is 11.5 Å². The van der Waals surface area contributed by atoms with Crippen LogP contribution < -0.4 is 20.9 Å². The normalized spacial score (nSPS) is 14.8. The molecule has 1 saturated heterocycles. The van der Waals surface area contributed by atoms with E-state index in [4.69, 9.17) is 9.47 Å². The van der Waals surface area contributed by atoms with Crippen LogP contribution in [0.3, 0.4) is 0 Å². The van der Waals surface area contributed by atoms with E-state index in [1.165, 1.54) is 10.9 Å². The predicted octanol–water partition coefficient (Wildman–Crippen LogP) is 4.74. The van der Waals surface area contributed by atoms with Crippen molar-refractivity contribution in [1.82, 2.24) is 15.1 Å². The van der Waals surface area contributed by atoms with Crippen LogP contribution in [0.25, 0.3) is 0 Å². The average molecular weight is 497 g/mol. The smallest absolute Gasteiger partial charge is 0.294 e. The standard InChI is InChI=1S/C29H28N4O4/c34-28(30-18-25-12-7-17-36-25)22-13-15-23(16-14-22)32-27-26(37-24-10-5-2-6-11-24)19-31-33(29(27)35)20-21-8-3-1-4-9-21/h1-6,8-11,13-16,19,25,32H,7,12,17-18,20H2,(H,30,34)/t25-/m1/s1. The van der Waals surface area contributed by atoms with Crippen LogP contribution in [0.2, 0.25) is 0 Å². The Morgan fingerprint density at radius 2 is 1.73 bits per heavy atom. The lowest BCUT2D eigenvalue weighted by atomic mass is 10.1. The van der Waals surface area contributed by atoms with E-state index in [2.05, 4.69) is 15.7 Å². The summed E-state index contributed by atoms with van der Waals surface area (Å²) in [6.07, 6.45) is 3.60. The van der Waals surface area contributed by atoms with Gasteiger partial charge in [-0.1, -0.05) is 48.5 Å². The van der Waals surface area contributed by atoms with E-state index in [1.807, 2.05) is 60.7 Å². The molecule has 1 aliphatic rings. The third-order valence-electron chi connectivity index (χ3n) is 6.09. The molecule has 1 fully saturated rings. The third-order valence-corrected chi connectivity index (χ3v) is 6.09. The van der Waals surface area contributed by atoms with Crippen molar-refractivity contribution in [2.75, 3.05) is 18.5 Å². The Hall–Kier alpha value is -4.43. The Kier molecular flexibility index (Phi) is 7.57. The highest BCUT2D eigenvalue weighted by Crippen LogP contribution is 2.28. The number of anilines is 2. The second-order valence-corrected chi connectivity index (χ2v) is 8.79. The molecule has 1 amide bonds. The maximum Gasteiger partial charge on any atom is 0.294 e. The number of carbonyl (C=O) groups is 1. The quantitative estimate of drug-likeness (QED) is 0.348. The number of carbonyl (C=O) groups excluding carboxylic acids is 1. The number of amides is 1. The van der Waals surface area contributed by atoms with Gasteiger partial charge in [0.05, 0.1) is 18.8 Å². The first-order valence-corrected chi connectivity index (χ1v) is 12.3. The molecule has 0 radical (unpaired) electrons. The molecule has 1 aromatic heterocycles. The SMILES string of the molecule is O=C(NC[C@H]1CCCO1)c1ccc(Nc2c(Oc3ccccc3)cnn(Cc3ccccc3)c2=O)cc1. The van der Waals surface area contributed by atoms with Crippen LogP contribution in [0.4, 0.5) is 11.4 Å². The second-order valence-electron chi connectivity index (χ2n) is 8.79. The number of benzene rings is 3. The van der Waals surface area contributed by atoms with Crippen molar-refractivity contribution >= 4 is 17.3 Å². The fourth-order valence-electron chi connectivity index (χ4n) is 4.11. The topological polar surface area (TPSA) is 94.5 Å². The highest BCUT2D eigenvalue weighted by Gasteiger charge is 2.17. The van der Waals surface area contributed by atoms with Gasteiger partial charge in [-0.15, -0.1) is 0 Å². The molecule has 0 spiro atoms. The van der Waals surface area contributed by atoms with Crippen LogP contribution >= 0.6 is 0 Å². The largest absolute Gasteiger partial charge is 0.453 e. The van der Waals surface area contributed by atoms with Crippen molar-refractivity contribution in [3.63, 3.8) is 0 Å². The monoisotopic (exact) mass is 496 g/mol. The summed E-state index contributed by atoms with van der Waals surface area (Å²) in [5, 5.41) is 10.4. The van der Waals surface area contributed by atoms with E-state index in [0.29, 0.717) is 35.8 Å². The first kappa shape index (κ1) is 24.3. The molecule has 0 saturated carbocycles.